The smallest absolute Gasteiger partial charge is 0.238 e. The van der Waals surface area contributed by atoms with Crippen molar-refractivity contribution < 1.29 is 9.59 Å². The van der Waals surface area contributed by atoms with Gasteiger partial charge >= 0.3 is 0 Å². The van der Waals surface area contributed by atoms with E-state index < -0.39 is 0 Å². The molecule has 2 aromatic carbocycles. The molecule has 2 N–H and O–H groups in total. The fraction of sp³-hybridized carbons (Fsp3) is 0.292. The number of rotatable bonds is 6. The molecule has 4 rings (SSSR count). The second-order valence-electron chi connectivity index (χ2n) is 7.66. The van der Waals surface area contributed by atoms with Gasteiger partial charge in [-0.15, -0.1) is 0 Å². The first-order valence-electron chi connectivity index (χ1n) is 10.4. The van der Waals surface area contributed by atoms with Gasteiger partial charge in [0.2, 0.25) is 11.8 Å². The van der Waals surface area contributed by atoms with Crippen LogP contribution in [0.5, 0.6) is 0 Å². The predicted octanol–water partition coefficient (Wildman–Crippen LogP) is 3.20. The van der Waals surface area contributed by atoms with Crippen LogP contribution in [-0.4, -0.2) is 41.3 Å². The van der Waals surface area contributed by atoms with Gasteiger partial charge < -0.3 is 10.6 Å². The van der Waals surface area contributed by atoms with Crippen LogP contribution in [0.4, 0.5) is 5.69 Å². The molecule has 0 saturated carbocycles. The molecule has 1 aliphatic heterocycles. The summed E-state index contributed by atoms with van der Waals surface area (Å²) in [6.45, 7) is 2.27. The van der Waals surface area contributed by atoms with Crippen molar-refractivity contribution in [3.63, 3.8) is 0 Å². The molecule has 6 heteroatoms. The lowest BCUT2D eigenvalue weighted by molar-refractivity contribution is -0.126. The van der Waals surface area contributed by atoms with E-state index in [1.54, 1.807) is 6.20 Å². The molecule has 1 fully saturated rings. The third-order valence-electron chi connectivity index (χ3n) is 5.56. The Balaban J connectivity index is 1.24. The van der Waals surface area contributed by atoms with E-state index in [-0.39, 0.29) is 17.7 Å². The number of anilines is 1. The van der Waals surface area contributed by atoms with Gasteiger partial charge in [-0.2, -0.15) is 0 Å². The summed E-state index contributed by atoms with van der Waals surface area (Å²) in [6, 6.07) is 19.6. The molecule has 1 aliphatic rings. The van der Waals surface area contributed by atoms with Gasteiger partial charge in [0.05, 0.1) is 18.8 Å². The van der Waals surface area contributed by atoms with Crippen molar-refractivity contribution >= 4 is 28.3 Å². The van der Waals surface area contributed by atoms with Crippen LogP contribution in [0.1, 0.15) is 18.5 Å². The molecule has 1 aromatic heterocycles. The molecule has 0 aliphatic carbocycles. The second kappa shape index (κ2) is 9.50. The monoisotopic (exact) mass is 402 g/mol. The van der Waals surface area contributed by atoms with Crippen LogP contribution in [0.2, 0.25) is 0 Å². The summed E-state index contributed by atoms with van der Waals surface area (Å²) >= 11 is 0. The Morgan fingerprint density at radius 3 is 2.53 bits per heavy atom. The van der Waals surface area contributed by atoms with Gasteiger partial charge in [-0.05, 0) is 49.5 Å². The van der Waals surface area contributed by atoms with Crippen molar-refractivity contribution in [2.24, 2.45) is 5.92 Å². The molecular formula is C24H26N4O2. The number of hydrogen-bond donors (Lipinski definition) is 2. The van der Waals surface area contributed by atoms with Crippen molar-refractivity contribution in [3.8, 4) is 0 Å². The second-order valence-corrected chi connectivity index (χ2v) is 7.66. The first-order valence-corrected chi connectivity index (χ1v) is 10.4. The number of carbonyl (C=O) groups is 2. The largest absolute Gasteiger partial charge is 0.350 e. The van der Waals surface area contributed by atoms with Gasteiger partial charge in [-0.25, -0.2) is 0 Å². The number of carbonyl (C=O) groups excluding carboxylic acids is 2. The zero-order chi connectivity index (χ0) is 20.8. The fourth-order valence-electron chi connectivity index (χ4n) is 3.91. The molecule has 0 spiro atoms. The average molecular weight is 402 g/mol. The number of piperidine rings is 1. The minimum absolute atomic E-state index is 0.00825. The van der Waals surface area contributed by atoms with E-state index in [9.17, 15) is 9.59 Å². The molecule has 30 heavy (non-hydrogen) atoms. The molecule has 0 unspecified atom stereocenters. The fourth-order valence-corrected chi connectivity index (χ4v) is 3.91. The zero-order valence-corrected chi connectivity index (χ0v) is 16.9. The topological polar surface area (TPSA) is 74.3 Å². The number of hydrogen-bond acceptors (Lipinski definition) is 4. The number of benzene rings is 2. The van der Waals surface area contributed by atoms with Crippen molar-refractivity contribution in [3.05, 3.63) is 72.6 Å². The van der Waals surface area contributed by atoms with Gasteiger partial charge in [0, 0.05) is 23.2 Å². The number of aromatic nitrogens is 1. The van der Waals surface area contributed by atoms with E-state index in [0.717, 1.165) is 48.1 Å². The van der Waals surface area contributed by atoms with Crippen LogP contribution < -0.4 is 10.6 Å². The minimum atomic E-state index is -0.0237. The molecule has 0 radical (unpaired) electrons. The molecule has 2 amide bonds. The van der Waals surface area contributed by atoms with Gasteiger partial charge in [0.15, 0.2) is 0 Å². The van der Waals surface area contributed by atoms with Crippen LogP contribution in [0.25, 0.3) is 10.8 Å². The molecule has 2 heterocycles. The van der Waals surface area contributed by atoms with E-state index in [0.29, 0.717) is 13.1 Å². The van der Waals surface area contributed by atoms with Crippen LogP contribution in [-0.2, 0) is 16.1 Å². The molecule has 3 aromatic rings. The highest BCUT2D eigenvalue weighted by Crippen LogP contribution is 2.23. The first kappa shape index (κ1) is 20.0. The summed E-state index contributed by atoms with van der Waals surface area (Å²) in [5, 5.41) is 8.16. The molecule has 1 saturated heterocycles. The Morgan fingerprint density at radius 1 is 0.967 bits per heavy atom. The molecule has 154 valence electrons. The van der Waals surface area contributed by atoms with Crippen molar-refractivity contribution in [1.82, 2.24) is 15.2 Å². The Kier molecular flexibility index (Phi) is 6.35. The van der Waals surface area contributed by atoms with Crippen molar-refractivity contribution in [1.29, 1.82) is 0 Å². The van der Waals surface area contributed by atoms with Gasteiger partial charge in [0.1, 0.15) is 0 Å². The lowest BCUT2D eigenvalue weighted by atomic mass is 9.96. The van der Waals surface area contributed by atoms with E-state index in [2.05, 4.69) is 20.5 Å². The predicted molar refractivity (Wildman–Crippen MR) is 118 cm³/mol. The lowest BCUT2D eigenvalue weighted by Gasteiger charge is -2.30. The molecule has 0 bridgehead atoms. The van der Waals surface area contributed by atoms with Crippen LogP contribution in [0.3, 0.4) is 0 Å². The highest BCUT2D eigenvalue weighted by atomic mass is 16.2. The lowest BCUT2D eigenvalue weighted by Crippen LogP contribution is -2.43. The third-order valence-corrected chi connectivity index (χ3v) is 5.56. The number of nitrogens with one attached hydrogen (secondary N) is 2. The highest BCUT2D eigenvalue weighted by molar-refractivity contribution is 6.02. The number of nitrogens with zero attached hydrogens (tertiary/aromatic N) is 2. The molecule has 0 atom stereocenters. The van der Waals surface area contributed by atoms with Gasteiger partial charge in [-0.3, -0.25) is 19.5 Å². The Labute approximate surface area is 176 Å². The maximum atomic E-state index is 12.6. The Bertz CT molecular complexity index is 1010. The maximum absolute atomic E-state index is 12.6. The molecular weight excluding hydrogens is 376 g/mol. The third kappa shape index (κ3) is 5.02. The van der Waals surface area contributed by atoms with Gasteiger partial charge in [-0.1, -0.05) is 42.5 Å². The minimum Gasteiger partial charge on any atom is -0.350 e. The zero-order valence-electron chi connectivity index (χ0n) is 16.9. The Morgan fingerprint density at radius 2 is 1.73 bits per heavy atom. The Hall–Kier alpha value is -3.25. The normalized spacial score (nSPS) is 15.1. The summed E-state index contributed by atoms with van der Waals surface area (Å²) in [5.74, 6) is 0.0380. The SMILES string of the molecule is O=C(CN1CCC(C(=O)NCc2ccccn2)CC1)Nc1cccc2ccccc12. The number of amides is 2. The number of likely N-dealkylation sites (tertiary alicyclic amines) is 1. The number of fused-ring (bicyclic) bond motifs is 1. The van der Waals surface area contributed by atoms with Gasteiger partial charge in [0.25, 0.3) is 0 Å². The summed E-state index contributed by atoms with van der Waals surface area (Å²) in [4.78, 5) is 31.3. The average Bonchev–Trinajstić information content (AvgIpc) is 2.79. The highest BCUT2D eigenvalue weighted by Gasteiger charge is 2.25. The standard InChI is InChI=1S/C24H26N4O2/c29-23(27-22-10-5-7-18-6-1-2-9-21(18)22)17-28-14-11-19(12-15-28)24(30)26-16-20-8-3-4-13-25-20/h1-10,13,19H,11-12,14-17H2,(H,26,30)(H,27,29). The summed E-state index contributed by atoms with van der Waals surface area (Å²) in [6.07, 6.45) is 3.24. The first-order chi connectivity index (χ1) is 14.7. The quantitative estimate of drug-likeness (QED) is 0.664. The molecule has 6 nitrogen and oxygen atoms in total. The van der Waals surface area contributed by atoms with Crippen LogP contribution >= 0.6 is 0 Å². The summed E-state index contributed by atoms with van der Waals surface area (Å²) in [5.41, 5.74) is 1.69. The summed E-state index contributed by atoms with van der Waals surface area (Å²) < 4.78 is 0. The van der Waals surface area contributed by atoms with Crippen molar-refractivity contribution in [2.75, 3.05) is 25.0 Å². The maximum Gasteiger partial charge on any atom is 0.238 e. The van der Waals surface area contributed by atoms with Crippen molar-refractivity contribution in [2.45, 2.75) is 19.4 Å². The van der Waals surface area contributed by atoms with E-state index in [1.807, 2.05) is 60.7 Å². The van der Waals surface area contributed by atoms with Crippen LogP contribution in [0.15, 0.2) is 66.9 Å². The van der Waals surface area contributed by atoms with E-state index in [4.69, 9.17) is 0 Å². The van der Waals surface area contributed by atoms with Crippen LogP contribution in [0, 0.1) is 5.92 Å². The van der Waals surface area contributed by atoms with E-state index in [1.165, 1.54) is 0 Å². The van der Waals surface area contributed by atoms with E-state index >= 15 is 0 Å². The summed E-state index contributed by atoms with van der Waals surface area (Å²) in [7, 11) is 0. The number of pyridine rings is 1.